The van der Waals surface area contributed by atoms with Gasteiger partial charge in [0.05, 0.1) is 13.2 Å². The molecule has 0 saturated carbocycles. The number of nitrogens with one attached hydrogen (secondary N) is 2. The molecule has 7 heteroatoms. The topological polar surface area (TPSA) is 68.7 Å². The number of hydrogen-bond acceptors (Lipinski definition) is 3. The summed E-state index contributed by atoms with van der Waals surface area (Å²) in [6.45, 7) is 4.64. The number of likely N-dealkylation sites (tertiary alicyclic amines) is 1. The lowest BCUT2D eigenvalue weighted by atomic mass is 10.1. The van der Waals surface area contributed by atoms with Crippen molar-refractivity contribution in [1.82, 2.24) is 9.80 Å². The van der Waals surface area contributed by atoms with E-state index in [1.807, 2.05) is 29.2 Å². The Morgan fingerprint density at radius 3 is 2.32 bits per heavy atom. The average Bonchev–Trinajstić information content (AvgIpc) is 3.16. The van der Waals surface area contributed by atoms with Crippen LogP contribution in [0.15, 0.2) is 24.3 Å². The summed E-state index contributed by atoms with van der Waals surface area (Å²) in [6, 6.07) is 8.04. The Morgan fingerprint density at radius 1 is 1.04 bits per heavy atom. The van der Waals surface area contributed by atoms with Crippen LogP contribution in [0.25, 0.3) is 0 Å². The van der Waals surface area contributed by atoms with Crippen LogP contribution in [0.4, 0.5) is 5.69 Å². The summed E-state index contributed by atoms with van der Waals surface area (Å²) < 4.78 is 5.27. The number of guanidine groups is 1. The van der Waals surface area contributed by atoms with E-state index in [-0.39, 0.29) is 22.9 Å². The van der Waals surface area contributed by atoms with E-state index in [0.29, 0.717) is 38.7 Å². The number of halogens is 1. The standard InChI is InChI=1S/C18H26N4O2.BrH/c19-18(22-9-1-2-10-22)20-16-6-3-15(4-7-16)5-8-17(23)21-11-13-24-14-12-21;/h3-4,6-7H,1-2,5,8-14H2,(H2,19,20);1H. The first kappa shape index (κ1) is 19.7. The number of carbonyl (C=O) groups excluding carboxylic acids is 1. The number of amides is 1. The minimum absolute atomic E-state index is 0. The van der Waals surface area contributed by atoms with Gasteiger partial charge in [0.2, 0.25) is 5.91 Å². The zero-order valence-corrected chi connectivity index (χ0v) is 16.2. The monoisotopic (exact) mass is 410 g/mol. The Morgan fingerprint density at radius 2 is 1.68 bits per heavy atom. The molecule has 0 bridgehead atoms. The molecule has 2 saturated heterocycles. The minimum atomic E-state index is 0. The minimum Gasteiger partial charge on any atom is -0.378 e. The molecule has 2 aliphatic rings. The molecule has 2 aliphatic heterocycles. The van der Waals surface area contributed by atoms with Crippen LogP contribution in [0, 0.1) is 5.41 Å². The van der Waals surface area contributed by atoms with Crippen molar-refractivity contribution in [3.63, 3.8) is 0 Å². The second-order valence-corrected chi connectivity index (χ2v) is 6.36. The molecule has 0 radical (unpaired) electrons. The number of hydrogen-bond donors (Lipinski definition) is 2. The van der Waals surface area contributed by atoms with E-state index in [9.17, 15) is 4.79 Å². The van der Waals surface area contributed by atoms with Crippen LogP contribution in [-0.2, 0) is 16.0 Å². The first-order chi connectivity index (χ1) is 11.7. The second-order valence-electron chi connectivity index (χ2n) is 6.36. The number of aryl methyl sites for hydroxylation is 1. The molecule has 0 unspecified atom stereocenters. The van der Waals surface area contributed by atoms with Crippen molar-refractivity contribution < 1.29 is 9.53 Å². The molecule has 2 fully saturated rings. The van der Waals surface area contributed by atoms with E-state index >= 15 is 0 Å². The molecule has 6 nitrogen and oxygen atoms in total. The largest absolute Gasteiger partial charge is 0.378 e. The van der Waals surface area contributed by atoms with Crippen LogP contribution in [0.1, 0.15) is 24.8 Å². The Bertz CT molecular complexity index is 567. The van der Waals surface area contributed by atoms with Crippen LogP contribution in [-0.4, -0.2) is 61.1 Å². The summed E-state index contributed by atoms with van der Waals surface area (Å²) in [5, 5.41) is 11.2. The quantitative estimate of drug-likeness (QED) is 0.590. The van der Waals surface area contributed by atoms with Crippen LogP contribution in [0.2, 0.25) is 0 Å². The number of nitrogens with zero attached hydrogens (tertiary/aromatic N) is 2. The maximum absolute atomic E-state index is 12.2. The van der Waals surface area contributed by atoms with Gasteiger partial charge in [-0.3, -0.25) is 10.2 Å². The molecule has 0 spiro atoms. The molecule has 3 rings (SSSR count). The van der Waals surface area contributed by atoms with Gasteiger partial charge in [-0.2, -0.15) is 0 Å². The fraction of sp³-hybridized carbons (Fsp3) is 0.556. The SMILES string of the molecule is Br.N=C(Nc1ccc(CCC(=O)N2CCOCC2)cc1)N1CCCC1. The summed E-state index contributed by atoms with van der Waals surface area (Å²) >= 11 is 0. The van der Waals surface area contributed by atoms with Crippen molar-refractivity contribution in [3.8, 4) is 0 Å². The van der Waals surface area contributed by atoms with Gasteiger partial charge in [-0.15, -0.1) is 17.0 Å². The highest BCUT2D eigenvalue weighted by molar-refractivity contribution is 8.93. The van der Waals surface area contributed by atoms with Crippen molar-refractivity contribution in [2.24, 2.45) is 0 Å². The lowest BCUT2D eigenvalue weighted by Crippen LogP contribution is -2.40. The second kappa shape index (κ2) is 9.77. The van der Waals surface area contributed by atoms with Gasteiger partial charge in [0.15, 0.2) is 5.96 Å². The van der Waals surface area contributed by atoms with Crippen molar-refractivity contribution in [2.45, 2.75) is 25.7 Å². The summed E-state index contributed by atoms with van der Waals surface area (Å²) in [5.41, 5.74) is 2.07. The first-order valence-corrected chi connectivity index (χ1v) is 8.77. The van der Waals surface area contributed by atoms with E-state index in [1.165, 1.54) is 12.8 Å². The maximum atomic E-state index is 12.2. The highest BCUT2D eigenvalue weighted by Crippen LogP contribution is 2.14. The third kappa shape index (κ3) is 5.71. The molecular weight excluding hydrogens is 384 g/mol. The summed E-state index contributed by atoms with van der Waals surface area (Å²) in [4.78, 5) is 16.1. The lowest BCUT2D eigenvalue weighted by Gasteiger charge is -2.26. The molecule has 0 aliphatic carbocycles. The van der Waals surface area contributed by atoms with Gasteiger partial charge in [0, 0.05) is 38.3 Å². The maximum Gasteiger partial charge on any atom is 0.223 e. The van der Waals surface area contributed by atoms with E-state index in [4.69, 9.17) is 10.1 Å². The van der Waals surface area contributed by atoms with Crippen molar-refractivity contribution in [2.75, 3.05) is 44.7 Å². The highest BCUT2D eigenvalue weighted by Gasteiger charge is 2.17. The van der Waals surface area contributed by atoms with Gasteiger partial charge < -0.3 is 19.9 Å². The normalized spacial score (nSPS) is 17.1. The number of benzene rings is 1. The number of anilines is 1. The lowest BCUT2D eigenvalue weighted by molar-refractivity contribution is -0.135. The van der Waals surface area contributed by atoms with Crippen LogP contribution < -0.4 is 5.32 Å². The van der Waals surface area contributed by atoms with Crippen LogP contribution >= 0.6 is 17.0 Å². The molecule has 25 heavy (non-hydrogen) atoms. The fourth-order valence-electron chi connectivity index (χ4n) is 3.13. The number of rotatable bonds is 4. The molecule has 1 aromatic carbocycles. The summed E-state index contributed by atoms with van der Waals surface area (Å²) in [6.07, 6.45) is 3.62. The molecule has 0 atom stereocenters. The molecule has 0 aromatic heterocycles. The van der Waals surface area contributed by atoms with E-state index in [1.54, 1.807) is 0 Å². The third-order valence-electron chi connectivity index (χ3n) is 4.63. The van der Waals surface area contributed by atoms with E-state index in [2.05, 4.69) is 10.2 Å². The highest BCUT2D eigenvalue weighted by atomic mass is 79.9. The van der Waals surface area contributed by atoms with Gasteiger partial charge in [-0.05, 0) is 37.0 Å². The van der Waals surface area contributed by atoms with Crippen molar-refractivity contribution in [1.29, 1.82) is 5.41 Å². The molecule has 1 aromatic rings. The van der Waals surface area contributed by atoms with Gasteiger partial charge in [0.25, 0.3) is 0 Å². The van der Waals surface area contributed by atoms with Crippen LogP contribution in [0.5, 0.6) is 0 Å². The predicted octanol–water partition coefficient (Wildman–Crippen LogP) is 2.50. The fourth-order valence-corrected chi connectivity index (χ4v) is 3.13. The van der Waals surface area contributed by atoms with Crippen molar-refractivity contribution in [3.05, 3.63) is 29.8 Å². The Hall–Kier alpha value is -1.60. The number of morpholine rings is 1. The summed E-state index contributed by atoms with van der Waals surface area (Å²) in [5.74, 6) is 0.680. The average molecular weight is 411 g/mol. The molecule has 138 valence electrons. The third-order valence-corrected chi connectivity index (χ3v) is 4.63. The zero-order valence-electron chi connectivity index (χ0n) is 14.5. The van der Waals surface area contributed by atoms with E-state index in [0.717, 1.165) is 30.8 Å². The van der Waals surface area contributed by atoms with Gasteiger partial charge in [-0.25, -0.2) is 0 Å². The molecule has 2 N–H and O–H groups in total. The Balaban J connectivity index is 0.00000225. The Kier molecular flexibility index (Phi) is 7.71. The zero-order chi connectivity index (χ0) is 16.8. The molecular formula is C18H27BrN4O2. The van der Waals surface area contributed by atoms with Crippen molar-refractivity contribution >= 4 is 34.5 Å². The Labute approximate surface area is 159 Å². The van der Waals surface area contributed by atoms with Crippen LogP contribution in [0.3, 0.4) is 0 Å². The van der Waals surface area contributed by atoms with Gasteiger partial charge in [-0.1, -0.05) is 12.1 Å². The van der Waals surface area contributed by atoms with Gasteiger partial charge >= 0.3 is 0 Å². The van der Waals surface area contributed by atoms with Gasteiger partial charge in [0.1, 0.15) is 0 Å². The molecule has 2 heterocycles. The summed E-state index contributed by atoms with van der Waals surface area (Å²) in [7, 11) is 0. The number of ether oxygens (including phenoxy) is 1. The number of carbonyl (C=O) groups is 1. The predicted molar refractivity (Wildman–Crippen MR) is 105 cm³/mol. The first-order valence-electron chi connectivity index (χ1n) is 8.77. The molecule has 1 amide bonds. The smallest absolute Gasteiger partial charge is 0.223 e. The van der Waals surface area contributed by atoms with E-state index < -0.39 is 0 Å².